The number of rotatable bonds is 3. The Morgan fingerprint density at radius 1 is 1.38 bits per heavy atom. The van der Waals surface area contributed by atoms with Crippen LogP contribution in [0.4, 0.5) is 11.4 Å². The summed E-state index contributed by atoms with van der Waals surface area (Å²) >= 11 is 0. The highest BCUT2D eigenvalue weighted by Gasteiger charge is 2.21. The molecule has 6 nitrogen and oxygen atoms in total. The number of amides is 1. The molecule has 1 fully saturated rings. The average Bonchev–Trinajstić information content (AvgIpc) is 2.62. The predicted molar refractivity (Wildman–Crippen MR) is 81.3 cm³/mol. The van der Waals surface area contributed by atoms with Crippen molar-refractivity contribution in [3.05, 3.63) is 23.8 Å². The Kier molecular flexibility index (Phi) is 4.67. The third-order valence-corrected chi connectivity index (χ3v) is 3.57. The molecule has 114 valence electrons. The molecule has 2 N–H and O–H groups in total. The van der Waals surface area contributed by atoms with E-state index >= 15 is 0 Å². The Labute approximate surface area is 124 Å². The Hall–Kier alpha value is -2.24. The van der Waals surface area contributed by atoms with E-state index in [4.69, 9.17) is 10.5 Å². The van der Waals surface area contributed by atoms with Crippen molar-refractivity contribution in [2.45, 2.75) is 13.3 Å². The maximum absolute atomic E-state index is 12.0. The van der Waals surface area contributed by atoms with Gasteiger partial charge in [-0.1, -0.05) is 0 Å². The molecule has 0 aliphatic carbocycles. The summed E-state index contributed by atoms with van der Waals surface area (Å²) in [6.45, 7) is 3.87. The van der Waals surface area contributed by atoms with Gasteiger partial charge in [0.25, 0.3) is 0 Å². The van der Waals surface area contributed by atoms with E-state index in [1.165, 1.54) is 0 Å². The topological polar surface area (TPSA) is 75.9 Å². The second kappa shape index (κ2) is 6.47. The summed E-state index contributed by atoms with van der Waals surface area (Å²) in [5.74, 6) is -0.364. The molecule has 0 unspecified atom stereocenters. The van der Waals surface area contributed by atoms with Crippen LogP contribution in [0.15, 0.2) is 18.2 Å². The lowest BCUT2D eigenvalue weighted by Gasteiger charge is -2.22. The van der Waals surface area contributed by atoms with Gasteiger partial charge in [0.2, 0.25) is 5.91 Å². The molecule has 1 aromatic rings. The fourth-order valence-electron chi connectivity index (χ4n) is 2.33. The molecular formula is C15H21N3O3. The highest BCUT2D eigenvalue weighted by atomic mass is 16.5. The van der Waals surface area contributed by atoms with E-state index in [9.17, 15) is 9.59 Å². The molecular weight excluding hydrogens is 270 g/mol. The smallest absolute Gasteiger partial charge is 0.340 e. The van der Waals surface area contributed by atoms with E-state index in [2.05, 4.69) is 0 Å². The zero-order valence-electron chi connectivity index (χ0n) is 12.5. The monoisotopic (exact) mass is 291 g/mol. The van der Waals surface area contributed by atoms with Crippen LogP contribution in [-0.4, -0.2) is 50.1 Å². The lowest BCUT2D eigenvalue weighted by Crippen LogP contribution is -2.34. The van der Waals surface area contributed by atoms with Crippen molar-refractivity contribution in [1.29, 1.82) is 0 Å². The van der Waals surface area contributed by atoms with Gasteiger partial charge in [0.15, 0.2) is 0 Å². The number of anilines is 2. The fraction of sp³-hybridized carbons (Fsp3) is 0.467. The van der Waals surface area contributed by atoms with E-state index < -0.39 is 5.97 Å². The van der Waals surface area contributed by atoms with Gasteiger partial charge in [-0.05, 0) is 31.5 Å². The van der Waals surface area contributed by atoms with Gasteiger partial charge in [-0.3, -0.25) is 4.79 Å². The largest absolute Gasteiger partial charge is 0.462 e. The highest BCUT2D eigenvalue weighted by Crippen LogP contribution is 2.23. The molecule has 1 aliphatic rings. The number of nitrogens with zero attached hydrogens (tertiary/aromatic N) is 2. The van der Waals surface area contributed by atoms with Gasteiger partial charge >= 0.3 is 5.97 Å². The highest BCUT2D eigenvalue weighted by molar-refractivity contribution is 5.96. The maximum Gasteiger partial charge on any atom is 0.340 e. The minimum absolute atomic E-state index is 0.0713. The van der Waals surface area contributed by atoms with Crippen molar-refractivity contribution < 1.29 is 14.3 Å². The Morgan fingerprint density at radius 3 is 2.86 bits per heavy atom. The van der Waals surface area contributed by atoms with Crippen molar-refractivity contribution in [2.75, 3.05) is 43.9 Å². The molecule has 1 amide bonds. The molecule has 21 heavy (non-hydrogen) atoms. The van der Waals surface area contributed by atoms with Crippen LogP contribution < -0.4 is 10.6 Å². The minimum atomic E-state index is -0.435. The first-order chi connectivity index (χ1) is 10.0. The van der Waals surface area contributed by atoms with E-state index in [1.54, 1.807) is 31.0 Å². The van der Waals surface area contributed by atoms with Crippen molar-refractivity contribution in [2.24, 2.45) is 0 Å². The van der Waals surface area contributed by atoms with Crippen molar-refractivity contribution >= 4 is 23.3 Å². The molecule has 0 aromatic heterocycles. The quantitative estimate of drug-likeness (QED) is 0.667. The second-order valence-electron chi connectivity index (χ2n) is 5.08. The zero-order chi connectivity index (χ0) is 15.4. The van der Waals surface area contributed by atoms with E-state index in [0.717, 1.165) is 25.2 Å². The summed E-state index contributed by atoms with van der Waals surface area (Å²) in [4.78, 5) is 27.5. The van der Waals surface area contributed by atoms with Crippen LogP contribution in [0.1, 0.15) is 23.7 Å². The average molecular weight is 291 g/mol. The number of esters is 1. The molecule has 2 rings (SSSR count). The third kappa shape index (κ3) is 3.45. The maximum atomic E-state index is 12.0. The number of carbonyl (C=O) groups is 2. The van der Waals surface area contributed by atoms with Gasteiger partial charge in [0.05, 0.1) is 18.7 Å². The Morgan fingerprint density at radius 2 is 2.14 bits per heavy atom. The normalized spacial score (nSPS) is 15.8. The molecule has 6 heteroatoms. The summed E-state index contributed by atoms with van der Waals surface area (Å²) in [5, 5.41) is 0. The number of carbonyl (C=O) groups excluding carboxylic acids is 2. The fourth-order valence-corrected chi connectivity index (χ4v) is 2.33. The summed E-state index contributed by atoms with van der Waals surface area (Å²) in [6, 6.07) is 5.21. The second-order valence-corrected chi connectivity index (χ2v) is 5.08. The summed E-state index contributed by atoms with van der Waals surface area (Å²) in [7, 11) is 1.80. The zero-order valence-corrected chi connectivity index (χ0v) is 12.5. The first-order valence-electron chi connectivity index (χ1n) is 7.08. The van der Waals surface area contributed by atoms with Crippen LogP contribution in [-0.2, 0) is 9.53 Å². The first-order valence-corrected chi connectivity index (χ1v) is 7.08. The van der Waals surface area contributed by atoms with E-state index in [1.807, 2.05) is 11.0 Å². The molecule has 0 saturated carbocycles. The summed E-state index contributed by atoms with van der Waals surface area (Å²) in [6.07, 6.45) is 0.890. The van der Waals surface area contributed by atoms with Gasteiger partial charge in [-0.15, -0.1) is 0 Å². The van der Waals surface area contributed by atoms with Gasteiger partial charge in [0.1, 0.15) is 0 Å². The molecule has 0 radical (unpaired) electrons. The first kappa shape index (κ1) is 15.2. The predicted octanol–water partition coefficient (Wildman–Crippen LogP) is 1.11. The molecule has 0 bridgehead atoms. The molecule has 1 saturated heterocycles. The number of likely N-dealkylation sites (N-methyl/N-ethyl adjacent to an activating group) is 1. The van der Waals surface area contributed by atoms with Gasteiger partial charge in [0, 0.05) is 31.5 Å². The number of nitrogens with two attached hydrogens (primary N) is 1. The lowest BCUT2D eigenvalue weighted by atomic mass is 10.1. The minimum Gasteiger partial charge on any atom is -0.462 e. The standard InChI is InChI=1S/C15H21N3O3/c1-3-21-15(20)12-9-11(5-6-13(12)16)18-8-4-7-17(2)14(19)10-18/h5-6,9H,3-4,7-8,10,16H2,1-2H3. The Balaban J connectivity index is 2.25. The van der Waals surface area contributed by atoms with Crippen molar-refractivity contribution in [3.63, 3.8) is 0 Å². The van der Waals surface area contributed by atoms with E-state index in [-0.39, 0.29) is 5.91 Å². The number of hydrogen-bond acceptors (Lipinski definition) is 5. The molecule has 0 atom stereocenters. The third-order valence-electron chi connectivity index (χ3n) is 3.57. The van der Waals surface area contributed by atoms with Crippen molar-refractivity contribution in [1.82, 2.24) is 4.90 Å². The van der Waals surface area contributed by atoms with E-state index in [0.29, 0.717) is 24.4 Å². The van der Waals surface area contributed by atoms with Crippen LogP contribution >= 0.6 is 0 Å². The SMILES string of the molecule is CCOC(=O)c1cc(N2CCCN(C)C(=O)C2)ccc1N. The molecule has 1 heterocycles. The summed E-state index contributed by atoms with van der Waals surface area (Å²) < 4.78 is 5.00. The van der Waals surface area contributed by atoms with Crippen LogP contribution in [0.5, 0.6) is 0 Å². The lowest BCUT2D eigenvalue weighted by molar-refractivity contribution is -0.127. The number of nitrogen functional groups attached to an aromatic ring is 1. The van der Waals surface area contributed by atoms with Crippen LogP contribution in [0.2, 0.25) is 0 Å². The summed E-state index contributed by atoms with van der Waals surface area (Å²) in [5.41, 5.74) is 7.38. The van der Waals surface area contributed by atoms with Gasteiger partial charge in [-0.25, -0.2) is 4.79 Å². The van der Waals surface area contributed by atoms with Crippen LogP contribution in [0.25, 0.3) is 0 Å². The number of hydrogen-bond donors (Lipinski definition) is 1. The molecule has 1 aliphatic heterocycles. The van der Waals surface area contributed by atoms with Gasteiger partial charge in [-0.2, -0.15) is 0 Å². The van der Waals surface area contributed by atoms with Gasteiger partial charge < -0.3 is 20.3 Å². The number of benzene rings is 1. The molecule has 1 aromatic carbocycles. The van der Waals surface area contributed by atoms with Crippen LogP contribution in [0.3, 0.4) is 0 Å². The molecule has 0 spiro atoms. The van der Waals surface area contributed by atoms with Crippen LogP contribution in [0, 0.1) is 0 Å². The van der Waals surface area contributed by atoms with Crippen molar-refractivity contribution in [3.8, 4) is 0 Å². The Bertz CT molecular complexity index is 545. The number of ether oxygens (including phenoxy) is 1.